The van der Waals surface area contributed by atoms with Gasteiger partial charge in [0.1, 0.15) is 0 Å². The van der Waals surface area contributed by atoms with Crippen molar-refractivity contribution in [1.82, 2.24) is 20.4 Å². The summed E-state index contributed by atoms with van der Waals surface area (Å²) in [7, 11) is 0. The van der Waals surface area contributed by atoms with E-state index in [9.17, 15) is 4.79 Å². The molecule has 2 aromatic heterocycles. The van der Waals surface area contributed by atoms with E-state index in [-0.39, 0.29) is 5.91 Å². The molecule has 140 valence electrons. The Morgan fingerprint density at radius 2 is 2.15 bits per heavy atom. The molecule has 0 spiro atoms. The molecule has 0 atom stereocenters. The highest BCUT2D eigenvalue weighted by Gasteiger charge is 2.25. The summed E-state index contributed by atoms with van der Waals surface area (Å²) in [6.07, 6.45) is 5.12. The number of carbonyl (C=O) groups is 1. The summed E-state index contributed by atoms with van der Waals surface area (Å²) in [6, 6.07) is 9.92. The van der Waals surface area contributed by atoms with Crippen LogP contribution >= 0.6 is 11.8 Å². The molecule has 0 radical (unpaired) electrons. The van der Waals surface area contributed by atoms with Crippen molar-refractivity contribution in [3.05, 3.63) is 47.6 Å². The molecule has 6 nitrogen and oxygen atoms in total. The van der Waals surface area contributed by atoms with Gasteiger partial charge < -0.3 is 9.84 Å². The number of nitrogens with one attached hydrogen (secondary N) is 1. The zero-order chi connectivity index (χ0) is 18.6. The number of unbranched alkanes of at least 4 members (excludes halogenated alkanes) is 1. The van der Waals surface area contributed by atoms with Crippen LogP contribution in [0.15, 0.2) is 39.9 Å². The zero-order valence-corrected chi connectivity index (χ0v) is 16.1. The summed E-state index contributed by atoms with van der Waals surface area (Å²) >= 11 is 1.50. The van der Waals surface area contributed by atoms with E-state index in [0.717, 1.165) is 53.9 Å². The van der Waals surface area contributed by atoms with Crippen molar-refractivity contribution in [2.24, 2.45) is 0 Å². The number of rotatable bonds is 8. The highest BCUT2D eigenvalue weighted by molar-refractivity contribution is 7.98. The standard InChI is InChI=1S/C20H22N4O2S/c1-2-3-8-17-23-18(26-24-17)12-27-19-11-15(20(25)21-13-9-10-13)14-6-4-5-7-16(14)22-19/h4-7,11,13H,2-3,8-10,12H2,1H3,(H,21,25). The number of thioether (sulfide) groups is 1. The lowest BCUT2D eigenvalue weighted by Gasteiger charge is -2.09. The molecule has 2 heterocycles. The largest absolute Gasteiger partial charge is 0.349 e. The van der Waals surface area contributed by atoms with E-state index in [2.05, 4.69) is 27.4 Å². The van der Waals surface area contributed by atoms with Crippen LogP contribution in [0.3, 0.4) is 0 Å². The molecule has 4 rings (SSSR count). The number of benzene rings is 1. The molecule has 1 N–H and O–H groups in total. The second kappa shape index (κ2) is 8.08. The van der Waals surface area contributed by atoms with Crippen LogP contribution in [0, 0.1) is 0 Å². The molecular weight excluding hydrogens is 360 g/mol. The molecule has 1 fully saturated rings. The molecule has 1 aromatic carbocycles. The molecule has 27 heavy (non-hydrogen) atoms. The van der Waals surface area contributed by atoms with Gasteiger partial charge in [-0.1, -0.05) is 48.5 Å². The van der Waals surface area contributed by atoms with Gasteiger partial charge in [0.2, 0.25) is 5.89 Å². The van der Waals surface area contributed by atoms with E-state index in [1.54, 1.807) is 0 Å². The van der Waals surface area contributed by atoms with Crippen LogP contribution in [0.4, 0.5) is 0 Å². The Morgan fingerprint density at radius 1 is 1.30 bits per heavy atom. The lowest BCUT2D eigenvalue weighted by atomic mass is 10.1. The van der Waals surface area contributed by atoms with Crippen molar-refractivity contribution >= 4 is 28.6 Å². The lowest BCUT2D eigenvalue weighted by molar-refractivity contribution is 0.0952. The second-order valence-electron chi connectivity index (χ2n) is 6.77. The quantitative estimate of drug-likeness (QED) is 0.590. The Balaban J connectivity index is 1.52. The number of aromatic nitrogens is 3. The average molecular weight is 382 g/mol. The number of pyridine rings is 1. The number of nitrogens with zero attached hydrogens (tertiary/aromatic N) is 3. The summed E-state index contributed by atoms with van der Waals surface area (Å²) in [5.74, 6) is 1.85. The van der Waals surface area contributed by atoms with E-state index in [1.165, 1.54) is 11.8 Å². The van der Waals surface area contributed by atoms with Crippen LogP contribution < -0.4 is 5.32 Å². The Morgan fingerprint density at radius 3 is 2.96 bits per heavy atom. The molecule has 0 bridgehead atoms. The molecule has 0 unspecified atom stereocenters. The minimum absolute atomic E-state index is 0.0300. The van der Waals surface area contributed by atoms with E-state index >= 15 is 0 Å². The van der Waals surface area contributed by atoms with Gasteiger partial charge in [0.15, 0.2) is 5.82 Å². The fraction of sp³-hybridized carbons (Fsp3) is 0.400. The summed E-state index contributed by atoms with van der Waals surface area (Å²) in [4.78, 5) is 21.8. The maximum Gasteiger partial charge on any atom is 0.252 e. The van der Waals surface area contributed by atoms with Crippen molar-refractivity contribution in [3.8, 4) is 0 Å². The number of amides is 1. The topological polar surface area (TPSA) is 80.9 Å². The number of hydrogen-bond acceptors (Lipinski definition) is 6. The highest BCUT2D eigenvalue weighted by Crippen LogP contribution is 2.27. The third kappa shape index (κ3) is 4.47. The fourth-order valence-corrected chi connectivity index (χ4v) is 3.58. The molecule has 1 saturated carbocycles. The van der Waals surface area contributed by atoms with Crippen molar-refractivity contribution in [1.29, 1.82) is 0 Å². The van der Waals surface area contributed by atoms with Gasteiger partial charge in [0, 0.05) is 17.8 Å². The molecule has 0 saturated heterocycles. The fourth-order valence-electron chi connectivity index (χ4n) is 2.82. The van der Waals surface area contributed by atoms with Gasteiger partial charge in [-0.25, -0.2) is 4.98 Å². The van der Waals surface area contributed by atoms with E-state index in [1.807, 2.05) is 30.3 Å². The smallest absolute Gasteiger partial charge is 0.252 e. The Kier molecular flexibility index (Phi) is 5.38. The van der Waals surface area contributed by atoms with Gasteiger partial charge in [-0.2, -0.15) is 4.98 Å². The van der Waals surface area contributed by atoms with Gasteiger partial charge >= 0.3 is 0 Å². The average Bonchev–Trinajstić information content (AvgIpc) is 3.39. The number of carbonyl (C=O) groups excluding carboxylic acids is 1. The van der Waals surface area contributed by atoms with Gasteiger partial charge in [-0.05, 0) is 31.4 Å². The molecule has 3 aromatic rings. The normalized spacial score (nSPS) is 13.8. The lowest BCUT2D eigenvalue weighted by Crippen LogP contribution is -2.25. The van der Waals surface area contributed by atoms with E-state index in [4.69, 9.17) is 4.52 Å². The van der Waals surface area contributed by atoms with Crippen LogP contribution in [0.25, 0.3) is 10.9 Å². The number of fused-ring (bicyclic) bond motifs is 1. The maximum absolute atomic E-state index is 12.7. The minimum Gasteiger partial charge on any atom is -0.349 e. The van der Waals surface area contributed by atoms with Crippen molar-refractivity contribution < 1.29 is 9.32 Å². The second-order valence-corrected chi connectivity index (χ2v) is 7.77. The van der Waals surface area contributed by atoms with Crippen molar-refractivity contribution in [3.63, 3.8) is 0 Å². The van der Waals surface area contributed by atoms with Crippen LogP contribution in [0.1, 0.15) is 54.7 Å². The SMILES string of the molecule is CCCCc1noc(CSc2cc(C(=O)NC3CC3)c3ccccc3n2)n1. The first kappa shape index (κ1) is 18.0. The number of hydrogen-bond donors (Lipinski definition) is 1. The zero-order valence-electron chi connectivity index (χ0n) is 15.3. The summed E-state index contributed by atoms with van der Waals surface area (Å²) in [6.45, 7) is 2.14. The first-order chi connectivity index (χ1) is 13.2. The van der Waals surface area contributed by atoms with Crippen molar-refractivity contribution in [2.45, 2.75) is 55.8 Å². The van der Waals surface area contributed by atoms with Crippen LogP contribution in [-0.4, -0.2) is 27.1 Å². The van der Waals surface area contributed by atoms with Crippen LogP contribution in [0.5, 0.6) is 0 Å². The maximum atomic E-state index is 12.7. The number of para-hydroxylation sites is 1. The van der Waals surface area contributed by atoms with E-state index in [0.29, 0.717) is 23.2 Å². The molecule has 1 amide bonds. The van der Waals surface area contributed by atoms with Gasteiger partial charge in [0.05, 0.1) is 21.9 Å². The predicted molar refractivity (Wildman–Crippen MR) is 105 cm³/mol. The summed E-state index contributed by atoms with van der Waals surface area (Å²) < 4.78 is 5.32. The van der Waals surface area contributed by atoms with Gasteiger partial charge in [-0.3, -0.25) is 4.79 Å². The Labute approximate surface area is 162 Å². The highest BCUT2D eigenvalue weighted by atomic mass is 32.2. The first-order valence-corrected chi connectivity index (χ1v) is 10.4. The Bertz CT molecular complexity index is 952. The van der Waals surface area contributed by atoms with Crippen LogP contribution in [-0.2, 0) is 12.2 Å². The molecule has 7 heteroatoms. The molecule has 0 aliphatic heterocycles. The first-order valence-electron chi connectivity index (χ1n) is 9.38. The Hall–Kier alpha value is -2.41. The summed E-state index contributed by atoms with van der Waals surface area (Å²) in [5.41, 5.74) is 1.49. The molecular formula is C20H22N4O2S. The molecule has 1 aliphatic carbocycles. The minimum atomic E-state index is -0.0300. The summed E-state index contributed by atoms with van der Waals surface area (Å²) in [5, 5.41) is 8.74. The third-order valence-electron chi connectivity index (χ3n) is 4.46. The van der Waals surface area contributed by atoms with Crippen LogP contribution in [0.2, 0.25) is 0 Å². The van der Waals surface area contributed by atoms with Gasteiger partial charge in [-0.15, -0.1) is 0 Å². The van der Waals surface area contributed by atoms with E-state index < -0.39 is 0 Å². The van der Waals surface area contributed by atoms with Gasteiger partial charge in [0.25, 0.3) is 5.91 Å². The van der Waals surface area contributed by atoms with Crippen molar-refractivity contribution in [2.75, 3.05) is 0 Å². The number of aryl methyl sites for hydroxylation is 1. The molecule has 1 aliphatic rings. The predicted octanol–water partition coefficient (Wildman–Crippen LogP) is 4.14. The third-order valence-corrected chi connectivity index (χ3v) is 5.35. The monoisotopic (exact) mass is 382 g/mol.